The monoisotopic (exact) mass is 453 g/mol. The number of nitrogens with zero attached hydrogens (tertiary/aromatic N) is 2. The summed E-state index contributed by atoms with van der Waals surface area (Å²) in [5.41, 5.74) is 3.04. The third-order valence-electron chi connectivity index (χ3n) is 4.57. The average Bonchev–Trinajstić information content (AvgIpc) is 3.17. The summed E-state index contributed by atoms with van der Waals surface area (Å²) in [7, 11) is 3.09. The van der Waals surface area contributed by atoms with Gasteiger partial charge in [0.05, 0.1) is 36.6 Å². The number of fused-ring (bicyclic) bond motifs is 1. The number of carboxylic acids is 1. The number of aromatic carboxylic acids is 1. The number of nitrogens with one attached hydrogen (secondary N) is 1. The number of ether oxygens (including phenoxy) is 2. The molecular formula is C21H16BrN3O4. The minimum Gasteiger partial charge on any atom is -0.493 e. The summed E-state index contributed by atoms with van der Waals surface area (Å²) < 4.78 is 11.5. The fraction of sp³-hybridized carbons (Fsp3) is 0.0952. The highest BCUT2D eigenvalue weighted by Gasteiger charge is 2.20. The largest absolute Gasteiger partial charge is 0.493 e. The number of aromatic nitrogens is 3. The maximum absolute atomic E-state index is 12.0. The zero-order chi connectivity index (χ0) is 20.5. The van der Waals surface area contributed by atoms with E-state index in [9.17, 15) is 9.90 Å². The molecule has 0 spiro atoms. The topological polar surface area (TPSA) is 97.3 Å². The molecule has 2 heterocycles. The molecule has 7 nitrogen and oxygen atoms in total. The van der Waals surface area contributed by atoms with E-state index < -0.39 is 5.97 Å². The Bertz CT molecular complexity index is 1220. The van der Waals surface area contributed by atoms with E-state index >= 15 is 0 Å². The summed E-state index contributed by atoms with van der Waals surface area (Å²) in [6.45, 7) is 0. The minimum atomic E-state index is -1.06. The highest BCUT2D eigenvalue weighted by Crippen LogP contribution is 2.35. The van der Waals surface area contributed by atoms with Gasteiger partial charge >= 0.3 is 5.97 Å². The van der Waals surface area contributed by atoms with Crippen molar-refractivity contribution in [2.24, 2.45) is 0 Å². The van der Waals surface area contributed by atoms with Crippen LogP contribution in [0.5, 0.6) is 11.5 Å². The third kappa shape index (κ3) is 3.42. The van der Waals surface area contributed by atoms with Crippen molar-refractivity contribution in [3.05, 3.63) is 58.6 Å². The fourth-order valence-electron chi connectivity index (χ4n) is 3.16. The number of halogens is 1. The van der Waals surface area contributed by atoms with Gasteiger partial charge in [-0.05, 0) is 36.4 Å². The quantitative estimate of drug-likeness (QED) is 0.451. The third-order valence-corrected chi connectivity index (χ3v) is 5.10. The molecule has 2 aromatic heterocycles. The van der Waals surface area contributed by atoms with Crippen molar-refractivity contribution in [2.45, 2.75) is 0 Å². The first-order valence-corrected chi connectivity index (χ1v) is 9.42. The van der Waals surface area contributed by atoms with Gasteiger partial charge in [-0.3, -0.25) is 5.10 Å². The van der Waals surface area contributed by atoms with Crippen LogP contribution < -0.4 is 9.47 Å². The second-order valence-corrected chi connectivity index (χ2v) is 7.15. The molecule has 0 aliphatic rings. The summed E-state index contributed by atoms with van der Waals surface area (Å²) in [5.74, 6) is 0.0494. The number of carboxylic acid groups (broad SMARTS) is 1. The van der Waals surface area contributed by atoms with E-state index in [-0.39, 0.29) is 5.56 Å². The molecule has 0 aliphatic carbocycles. The molecule has 0 amide bonds. The van der Waals surface area contributed by atoms with Gasteiger partial charge in [0, 0.05) is 15.6 Å². The molecule has 146 valence electrons. The first-order valence-electron chi connectivity index (χ1n) is 8.62. The molecule has 0 bridgehead atoms. The van der Waals surface area contributed by atoms with Crippen LogP contribution in [0.15, 0.2) is 53.0 Å². The molecule has 2 N–H and O–H groups in total. The standard InChI is InChI=1S/C21H16BrN3O4/c1-28-16-8-5-12(9-17(16)29-2)15-10-14(21(26)27)18-19(24-25-20(18)23-15)11-3-6-13(22)7-4-11/h3-10H,1-2H3,(H,26,27)(H,23,24,25). The van der Waals surface area contributed by atoms with Crippen LogP contribution in [-0.4, -0.2) is 40.5 Å². The number of methoxy groups -OCH3 is 2. The van der Waals surface area contributed by atoms with Crippen molar-refractivity contribution >= 4 is 32.9 Å². The number of pyridine rings is 1. The van der Waals surface area contributed by atoms with E-state index in [0.717, 1.165) is 10.0 Å². The minimum absolute atomic E-state index is 0.117. The SMILES string of the molecule is COc1ccc(-c2cc(C(=O)O)c3c(-c4ccc(Br)cc4)[nH]nc3n2)cc1OC. The summed E-state index contributed by atoms with van der Waals surface area (Å²) in [5, 5.41) is 17.5. The average molecular weight is 454 g/mol. The normalized spacial score (nSPS) is 10.9. The lowest BCUT2D eigenvalue weighted by Gasteiger charge is -2.10. The fourth-order valence-corrected chi connectivity index (χ4v) is 3.43. The van der Waals surface area contributed by atoms with Crippen LogP contribution in [0.3, 0.4) is 0 Å². The van der Waals surface area contributed by atoms with Gasteiger partial charge in [-0.15, -0.1) is 0 Å². The Morgan fingerprint density at radius 3 is 2.34 bits per heavy atom. The van der Waals surface area contributed by atoms with Crippen LogP contribution in [0.4, 0.5) is 0 Å². The molecule has 2 aromatic carbocycles. The lowest BCUT2D eigenvalue weighted by Crippen LogP contribution is -2.00. The van der Waals surface area contributed by atoms with E-state index in [4.69, 9.17) is 9.47 Å². The Kier molecular flexibility index (Phi) is 4.94. The summed E-state index contributed by atoms with van der Waals surface area (Å²) in [6.07, 6.45) is 0. The number of rotatable bonds is 5. The number of aromatic amines is 1. The Morgan fingerprint density at radius 2 is 1.69 bits per heavy atom. The molecular weight excluding hydrogens is 438 g/mol. The van der Waals surface area contributed by atoms with Gasteiger partial charge in [0.25, 0.3) is 0 Å². The second-order valence-electron chi connectivity index (χ2n) is 6.23. The summed E-state index contributed by atoms with van der Waals surface area (Å²) >= 11 is 3.40. The van der Waals surface area contributed by atoms with Crippen molar-refractivity contribution < 1.29 is 19.4 Å². The van der Waals surface area contributed by atoms with Crippen LogP contribution in [0.25, 0.3) is 33.5 Å². The predicted octanol–water partition coefficient (Wildman–Crippen LogP) is 4.77. The van der Waals surface area contributed by atoms with Crippen molar-refractivity contribution in [2.75, 3.05) is 14.2 Å². The van der Waals surface area contributed by atoms with Gasteiger partial charge in [0.2, 0.25) is 0 Å². The van der Waals surface area contributed by atoms with Gasteiger partial charge in [-0.1, -0.05) is 28.1 Å². The zero-order valence-electron chi connectivity index (χ0n) is 15.6. The summed E-state index contributed by atoms with van der Waals surface area (Å²) in [4.78, 5) is 16.6. The van der Waals surface area contributed by atoms with E-state index in [2.05, 4.69) is 31.1 Å². The first-order chi connectivity index (χ1) is 14.0. The molecule has 0 radical (unpaired) electrons. The van der Waals surface area contributed by atoms with Gasteiger partial charge in [0.1, 0.15) is 0 Å². The Labute approximate surface area is 174 Å². The van der Waals surface area contributed by atoms with E-state index in [1.807, 2.05) is 24.3 Å². The van der Waals surface area contributed by atoms with Crippen LogP contribution >= 0.6 is 15.9 Å². The maximum atomic E-state index is 12.0. The maximum Gasteiger partial charge on any atom is 0.336 e. The second kappa shape index (κ2) is 7.56. The zero-order valence-corrected chi connectivity index (χ0v) is 17.1. The van der Waals surface area contributed by atoms with E-state index in [1.54, 1.807) is 38.5 Å². The van der Waals surface area contributed by atoms with Crippen molar-refractivity contribution in [3.8, 4) is 34.0 Å². The number of carbonyl (C=O) groups is 1. The van der Waals surface area contributed by atoms with E-state index in [1.165, 1.54) is 0 Å². The van der Waals surface area contributed by atoms with Gasteiger partial charge in [-0.2, -0.15) is 5.10 Å². The highest BCUT2D eigenvalue weighted by molar-refractivity contribution is 9.10. The van der Waals surface area contributed by atoms with Crippen molar-refractivity contribution in [1.82, 2.24) is 15.2 Å². The molecule has 8 heteroatoms. The Balaban J connectivity index is 1.91. The molecule has 4 aromatic rings. The Hall–Kier alpha value is -3.39. The van der Waals surface area contributed by atoms with E-state index in [0.29, 0.717) is 39.5 Å². The smallest absolute Gasteiger partial charge is 0.336 e. The highest BCUT2D eigenvalue weighted by atomic mass is 79.9. The molecule has 4 rings (SSSR count). The van der Waals surface area contributed by atoms with Crippen molar-refractivity contribution in [1.29, 1.82) is 0 Å². The van der Waals surface area contributed by atoms with Gasteiger partial charge < -0.3 is 14.6 Å². The van der Waals surface area contributed by atoms with Crippen LogP contribution in [0.1, 0.15) is 10.4 Å². The molecule has 29 heavy (non-hydrogen) atoms. The number of hydrogen-bond donors (Lipinski definition) is 2. The predicted molar refractivity (Wildman–Crippen MR) is 113 cm³/mol. The number of benzene rings is 2. The number of H-pyrrole nitrogens is 1. The van der Waals surface area contributed by atoms with Crippen molar-refractivity contribution in [3.63, 3.8) is 0 Å². The van der Waals surface area contributed by atoms with Crippen LogP contribution in [0, 0.1) is 0 Å². The molecule has 0 aliphatic heterocycles. The lowest BCUT2D eigenvalue weighted by molar-refractivity contribution is 0.0699. The molecule has 0 saturated heterocycles. The molecule has 0 fully saturated rings. The summed E-state index contributed by atoms with van der Waals surface area (Å²) in [6, 6.07) is 14.4. The van der Waals surface area contributed by atoms with Gasteiger partial charge in [-0.25, -0.2) is 9.78 Å². The lowest BCUT2D eigenvalue weighted by atomic mass is 10.0. The first kappa shape index (κ1) is 18.9. The van der Waals surface area contributed by atoms with Gasteiger partial charge in [0.15, 0.2) is 17.1 Å². The van der Waals surface area contributed by atoms with Crippen LogP contribution in [0.2, 0.25) is 0 Å². The Morgan fingerprint density at radius 1 is 1.00 bits per heavy atom. The molecule has 0 unspecified atom stereocenters. The molecule has 0 atom stereocenters. The number of hydrogen-bond acceptors (Lipinski definition) is 5. The van der Waals surface area contributed by atoms with Crippen LogP contribution in [-0.2, 0) is 0 Å². The molecule has 0 saturated carbocycles.